The zero-order valence-corrected chi connectivity index (χ0v) is 5.64. The fourth-order valence-corrected chi connectivity index (χ4v) is 0.926. The van der Waals surface area contributed by atoms with Crippen molar-refractivity contribution in [3.63, 3.8) is 0 Å². The van der Waals surface area contributed by atoms with Crippen LogP contribution in [0.15, 0.2) is 0 Å². The zero-order chi connectivity index (χ0) is 7.07. The molecule has 1 aliphatic rings. The lowest BCUT2D eigenvalue weighted by Gasteiger charge is -2.19. The minimum absolute atomic E-state index is 0.0625. The average Bonchev–Trinajstić information content (AvgIpc) is 1.79. The summed E-state index contributed by atoms with van der Waals surface area (Å²) in [7, 11) is 0. The fraction of sp³-hybridized carbons (Fsp3) is 0.833. The molecule has 9 heavy (non-hydrogen) atoms. The molecule has 1 heterocycles. The van der Waals surface area contributed by atoms with Crippen LogP contribution < -0.4 is 5.32 Å². The first-order valence-electron chi connectivity index (χ1n) is 3.04. The van der Waals surface area contributed by atoms with Gasteiger partial charge in [0.2, 0.25) is 5.91 Å². The Balaban J connectivity index is 2.69. The summed E-state index contributed by atoms with van der Waals surface area (Å²) in [6, 6.07) is -0.106. The van der Waals surface area contributed by atoms with Crippen LogP contribution in [0.4, 0.5) is 0 Å². The Morgan fingerprint density at radius 1 is 1.89 bits per heavy atom. The molecule has 3 heteroatoms. The number of hydrogen-bond acceptors (Lipinski definition) is 2. The van der Waals surface area contributed by atoms with Crippen molar-refractivity contribution >= 4 is 5.91 Å². The molecule has 1 amide bonds. The van der Waals surface area contributed by atoms with Gasteiger partial charge in [0.25, 0.3) is 0 Å². The van der Waals surface area contributed by atoms with Crippen molar-refractivity contribution in [2.45, 2.75) is 31.9 Å². The van der Waals surface area contributed by atoms with E-state index in [0.29, 0.717) is 0 Å². The largest absolute Gasteiger partial charge is 0.388 e. The lowest BCUT2D eigenvalue weighted by Crippen LogP contribution is -2.37. The van der Waals surface area contributed by atoms with Crippen LogP contribution >= 0.6 is 0 Å². The molecule has 1 aliphatic heterocycles. The third-order valence-electron chi connectivity index (χ3n) is 1.83. The summed E-state index contributed by atoms with van der Waals surface area (Å²) < 4.78 is 0. The molecule has 1 saturated heterocycles. The Morgan fingerprint density at radius 2 is 2.44 bits per heavy atom. The zero-order valence-electron chi connectivity index (χ0n) is 5.64. The minimum Gasteiger partial charge on any atom is -0.388 e. The van der Waals surface area contributed by atoms with Crippen LogP contribution in [0.3, 0.4) is 0 Å². The fourth-order valence-electron chi connectivity index (χ4n) is 0.926. The maximum absolute atomic E-state index is 10.6. The lowest BCUT2D eigenvalue weighted by molar-refractivity contribution is -0.120. The Labute approximate surface area is 54.1 Å². The molecule has 2 N–H and O–H groups in total. The summed E-state index contributed by atoms with van der Waals surface area (Å²) in [5, 5.41) is 12.0. The third-order valence-corrected chi connectivity index (χ3v) is 1.83. The van der Waals surface area contributed by atoms with E-state index in [1.807, 2.05) is 0 Å². The second-order valence-electron chi connectivity index (χ2n) is 2.82. The van der Waals surface area contributed by atoms with E-state index in [4.69, 9.17) is 0 Å². The van der Waals surface area contributed by atoms with Gasteiger partial charge < -0.3 is 10.4 Å². The summed E-state index contributed by atoms with van der Waals surface area (Å²) in [5.74, 6) is -0.0625. The first-order valence-corrected chi connectivity index (χ1v) is 3.04. The van der Waals surface area contributed by atoms with E-state index in [2.05, 4.69) is 5.32 Å². The molecular weight excluding hydrogens is 118 g/mol. The summed E-state index contributed by atoms with van der Waals surface area (Å²) in [6.07, 6.45) is 0.230. The highest BCUT2D eigenvalue weighted by atomic mass is 16.3. The van der Waals surface area contributed by atoms with Crippen molar-refractivity contribution in [3.05, 3.63) is 0 Å². The average molecular weight is 129 g/mol. The summed E-state index contributed by atoms with van der Waals surface area (Å²) in [5.41, 5.74) is -0.836. The molecular formula is C6H11NO2. The number of nitrogens with one attached hydrogen (secondary N) is 1. The Kier molecular flexibility index (Phi) is 1.24. The van der Waals surface area contributed by atoms with E-state index in [1.54, 1.807) is 13.8 Å². The molecule has 0 aliphatic carbocycles. The van der Waals surface area contributed by atoms with Gasteiger partial charge in [-0.1, -0.05) is 0 Å². The highest BCUT2D eigenvalue weighted by molar-refractivity contribution is 5.80. The molecule has 0 unspecified atom stereocenters. The van der Waals surface area contributed by atoms with Crippen LogP contribution in [-0.4, -0.2) is 22.7 Å². The standard InChI is InChI=1S/C6H11NO2/c1-4-6(2,9)3-5(8)7-4/h4,9H,3H2,1-2H3,(H,7,8)/t4-,6+/m1/s1. The molecule has 0 aromatic carbocycles. The van der Waals surface area contributed by atoms with Crippen LogP contribution in [0.2, 0.25) is 0 Å². The van der Waals surface area contributed by atoms with Crippen LogP contribution in [-0.2, 0) is 4.79 Å². The highest BCUT2D eigenvalue weighted by Crippen LogP contribution is 2.19. The van der Waals surface area contributed by atoms with Gasteiger partial charge in [0.15, 0.2) is 0 Å². The lowest BCUT2D eigenvalue weighted by atomic mass is 9.99. The topological polar surface area (TPSA) is 49.3 Å². The van der Waals surface area contributed by atoms with Crippen molar-refractivity contribution in [1.29, 1.82) is 0 Å². The smallest absolute Gasteiger partial charge is 0.223 e. The van der Waals surface area contributed by atoms with Gasteiger partial charge in [-0.25, -0.2) is 0 Å². The number of carbonyl (C=O) groups is 1. The van der Waals surface area contributed by atoms with Gasteiger partial charge in [-0.3, -0.25) is 4.79 Å². The maximum Gasteiger partial charge on any atom is 0.223 e. The molecule has 52 valence electrons. The van der Waals surface area contributed by atoms with Crippen LogP contribution in [0.5, 0.6) is 0 Å². The van der Waals surface area contributed by atoms with E-state index >= 15 is 0 Å². The number of rotatable bonds is 0. The van der Waals surface area contributed by atoms with Crippen molar-refractivity contribution < 1.29 is 9.90 Å². The van der Waals surface area contributed by atoms with Crippen molar-refractivity contribution in [1.82, 2.24) is 5.32 Å². The van der Waals surface area contributed by atoms with E-state index < -0.39 is 5.60 Å². The summed E-state index contributed by atoms with van der Waals surface area (Å²) in [6.45, 7) is 3.46. The molecule has 0 saturated carbocycles. The highest BCUT2D eigenvalue weighted by Gasteiger charge is 2.38. The first kappa shape index (κ1) is 6.55. The second-order valence-corrected chi connectivity index (χ2v) is 2.82. The number of amides is 1. The van der Waals surface area contributed by atoms with Crippen LogP contribution in [0.1, 0.15) is 20.3 Å². The Hall–Kier alpha value is -0.570. The van der Waals surface area contributed by atoms with Gasteiger partial charge in [0.05, 0.1) is 18.1 Å². The number of hydrogen-bond donors (Lipinski definition) is 2. The molecule has 0 aromatic rings. The quantitative estimate of drug-likeness (QED) is 0.469. The van der Waals surface area contributed by atoms with Crippen LogP contribution in [0.25, 0.3) is 0 Å². The van der Waals surface area contributed by atoms with E-state index in [1.165, 1.54) is 0 Å². The Morgan fingerprint density at radius 3 is 2.56 bits per heavy atom. The van der Waals surface area contributed by atoms with E-state index in [9.17, 15) is 9.90 Å². The monoisotopic (exact) mass is 129 g/mol. The normalized spacial score (nSPS) is 43.0. The predicted octanol–water partition coefficient (Wildman–Crippen LogP) is -0.354. The molecule has 2 atom stereocenters. The Bertz CT molecular complexity index is 142. The number of aliphatic hydroxyl groups is 1. The molecule has 0 aromatic heterocycles. The molecule has 1 fully saturated rings. The van der Waals surface area contributed by atoms with Gasteiger partial charge in [0, 0.05) is 0 Å². The number of carbonyl (C=O) groups excluding carboxylic acids is 1. The van der Waals surface area contributed by atoms with Gasteiger partial charge in [-0.2, -0.15) is 0 Å². The van der Waals surface area contributed by atoms with E-state index in [-0.39, 0.29) is 18.4 Å². The molecule has 0 radical (unpaired) electrons. The maximum atomic E-state index is 10.6. The first-order chi connectivity index (χ1) is 4.02. The van der Waals surface area contributed by atoms with E-state index in [0.717, 1.165) is 0 Å². The van der Waals surface area contributed by atoms with Crippen molar-refractivity contribution in [2.24, 2.45) is 0 Å². The van der Waals surface area contributed by atoms with Crippen molar-refractivity contribution in [3.8, 4) is 0 Å². The van der Waals surface area contributed by atoms with Crippen molar-refractivity contribution in [2.75, 3.05) is 0 Å². The summed E-state index contributed by atoms with van der Waals surface area (Å²) in [4.78, 5) is 10.6. The molecule has 0 spiro atoms. The third kappa shape index (κ3) is 1.05. The molecule has 0 bridgehead atoms. The predicted molar refractivity (Wildman–Crippen MR) is 32.8 cm³/mol. The SMILES string of the molecule is C[C@H]1NC(=O)C[C@]1(C)O. The van der Waals surface area contributed by atoms with Gasteiger partial charge in [-0.05, 0) is 13.8 Å². The minimum atomic E-state index is -0.836. The van der Waals surface area contributed by atoms with Gasteiger partial charge in [0.1, 0.15) is 0 Å². The summed E-state index contributed by atoms with van der Waals surface area (Å²) >= 11 is 0. The second kappa shape index (κ2) is 1.70. The van der Waals surface area contributed by atoms with Crippen LogP contribution in [0, 0.1) is 0 Å². The molecule has 1 rings (SSSR count). The van der Waals surface area contributed by atoms with Gasteiger partial charge in [-0.15, -0.1) is 0 Å². The molecule has 3 nitrogen and oxygen atoms in total. The van der Waals surface area contributed by atoms with Gasteiger partial charge >= 0.3 is 0 Å².